The first-order valence-electron chi connectivity index (χ1n) is 14.0. The molecule has 0 aromatic heterocycles. The van der Waals surface area contributed by atoms with E-state index in [1.165, 1.54) is 10.5 Å². The molecule has 3 N–H and O–H groups in total. The highest BCUT2D eigenvalue weighted by Crippen LogP contribution is 2.37. The van der Waals surface area contributed by atoms with Crippen LogP contribution < -0.4 is 5.32 Å². The van der Waals surface area contributed by atoms with Crippen molar-refractivity contribution in [1.82, 2.24) is 4.90 Å². The van der Waals surface area contributed by atoms with Crippen molar-refractivity contribution in [1.29, 1.82) is 0 Å². The van der Waals surface area contributed by atoms with E-state index >= 15 is 0 Å². The second kappa shape index (κ2) is 12.3. The van der Waals surface area contributed by atoms with Crippen molar-refractivity contribution >= 4 is 44.9 Å². The summed E-state index contributed by atoms with van der Waals surface area (Å²) < 4.78 is 0. The van der Waals surface area contributed by atoms with Gasteiger partial charge in [0.2, 0.25) is 0 Å². The Bertz CT molecular complexity index is 1640. The number of benzene rings is 4. The van der Waals surface area contributed by atoms with Gasteiger partial charge < -0.3 is 20.4 Å². The number of aliphatic hydroxyl groups is 2. The van der Waals surface area contributed by atoms with E-state index < -0.39 is 12.5 Å². The van der Waals surface area contributed by atoms with E-state index in [1.54, 1.807) is 13.8 Å². The number of para-hydroxylation sites is 1. The summed E-state index contributed by atoms with van der Waals surface area (Å²) in [6.07, 6.45) is 4.85. The zero-order chi connectivity index (χ0) is 28.9. The molecular weight excluding hydrogens is 508 g/mol. The number of hydrogen-bond donors (Lipinski definition) is 3. The van der Waals surface area contributed by atoms with Crippen LogP contribution in [0.3, 0.4) is 0 Å². The molecular formula is C35H36N4O2. The highest BCUT2D eigenvalue weighted by atomic mass is 16.3. The molecule has 2 unspecified atom stereocenters. The summed E-state index contributed by atoms with van der Waals surface area (Å²) in [5.41, 5.74) is 8.04. The molecule has 5 rings (SSSR count). The van der Waals surface area contributed by atoms with Crippen LogP contribution in [0.1, 0.15) is 31.9 Å². The number of hydrogen-bond acceptors (Lipinski definition) is 6. The van der Waals surface area contributed by atoms with Crippen molar-refractivity contribution in [3.8, 4) is 0 Å². The molecule has 1 aliphatic carbocycles. The predicted octanol–water partition coefficient (Wildman–Crippen LogP) is 7.73. The Kier molecular flexibility index (Phi) is 8.43. The minimum atomic E-state index is -0.883. The topological polar surface area (TPSA) is 80.5 Å². The number of anilines is 2. The van der Waals surface area contributed by atoms with Gasteiger partial charge in [-0.05, 0) is 86.9 Å². The third kappa shape index (κ3) is 6.30. The van der Waals surface area contributed by atoms with Gasteiger partial charge in [-0.2, -0.15) is 0 Å². The molecule has 0 fully saturated rings. The highest BCUT2D eigenvalue weighted by Gasteiger charge is 2.22. The molecule has 6 heteroatoms. The SMILES string of the molecule is CCc1ccc(Nc2cc(C)c(/N=C3/C=CC(N(C(C)O)C(C)O)=C/C3=N\c3ccccc3)c3ccccc23)cc1. The summed E-state index contributed by atoms with van der Waals surface area (Å²) in [4.78, 5) is 11.6. The maximum atomic E-state index is 10.3. The van der Waals surface area contributed by atoms with E-state index in [0.717, 1.165) is 45.5 Å². The molecule has 0 amide bonds. The lowest BCUT2D eigenvalue weighted by atomic mass is 10.0. The smallest absolute Gasteiger partial charge is 0.126 e. The van der Waals surface area contributed by atoms with Gasteiger partial charge in [0.15, 0.2) is 0 Å². The molecule has 0 spiro atoms. The molecule has 0 saturated carbocycles. The molecule has 0 heterocycles. The summed E-state index contributed by atoms with van der Waals surface area (Å²) in [6, 6.07) is 28.7. The molecule has 41 heavy (non-hydrogen) atoms. The zero-order valence-electron chi connectivity index (χ0n) is 23.9. The Balaban J connectivity index is 1.60. The highest BCUT2D eigenvalue weighted by molar-refractivity contribution is 6.52. The van der Waals surface area contributed by atoms with Crippen molar-refractivity contribution in [2.75, 3.05) is 5.32 Å². The quantitative estimate of drug-likeness (QED) is 0.157. The number of nitrogens with zero attached hydrogens (tertiary/aromatic N) is 3. The van der Waals surface area contributed by atoms with Gasteiger partial charge in [-0.15, -0.1) is 0 Å². The van der Waals surface area contributed by atoms with Gasteiger partial charge in [0.25, 0.3) is 0 Å². The van der Waals surface area contributed by atoms with Crippen LogP contribution in [-0.2, 0) is 6.42 Å². The number of nitrogens with one attached hydrogen (secondary N) is 1. The van der Waals surface area contributed by atoms with E-state index in [9.17, 15) is 10.2 Å². The molecule has 0 saturated heterocycles. The molecule has 4 aromatic rings. The minimum Gasteiger partial charge on any atom is -0.374 e. The number of fused-ring (bicyclic) bond motifs is 1. The van der Waals surface area contributed by atoms with Gasteiger partial charge >= 0.3 is 0 Å². The summed E-state index contributed by atoms with van der Waals surface area (Å²) in [5, 5.41) is 26.4. The van der Waals surface area contributed by atoms with Crippen LogP contribution in [0, 0.1) is 6.92 Å². The summed E-state index contributed by atoms with van der Waals surface area (Å²) >= 11 is 0. The van der Waals surface area contributed by atoms with Crippen LogP contribution in [0.25, 0.3) is 10.8 Å². The molecule has 0 aliphatic heterocycles. The van der Waals surface area contributed by atoms with E-state index in [0.29, 0.717) is 17.1 Å². The third-order valence-corrected chi connectivity index (χ3v) is 7.15. The second-order valence-corrected chi connectivity index (χ2v) is 10.2. The molecule has 6 nitrogen and oxygen atoms in total. The van der Waals surface area contributed by atoms with Crippen molar-refractivity contribution in [2.45, 2.75) is 46.6 Å². The lowest BCUT2D eigenvalue weighted by molar-refractivity contribution is -0.0575. The lowest BCUT2D eigenvalue weighted by Crippen LogP contribution is -2.40. The average Bonchev–Trinajstić information content (AvgIpc) is 2.96. The number of aliphatic imine (C=N–C) groups is 2. The van der Waals surface area contributed by atoms with Crippen LogP contribution >= 0.6 is 0 Å². The first-order chi connectivity index (χ1) is 19.8. The molecule has 0 radical (unpaired) electrons. The van der Waals surface area contributed by atoms with Crippen LogP contribution in [-0.4, -0.2) is 39.0 Å². The van der Waals surface area contributed by atoms with E-state index in [4.69, 9.17) is 9.98 Å². The molecule has 4 aromatic carbocycles. The molecule has 2 atom stereocenters. The Morgan fingerprint density at radius 1 is 0.780 bits per heavy atom. The van der Waals surface area contributed by atoms with Crippen LogP contribution in [0.2, 0.25) is 0 Å². The first kappa shape index (κ1) is 28.0. The van der Waals surface area contributed by atoms with Crippen LogP contribution in [0.15, 0.2) is 119 Å². The maximum absolute atomic E-state index is 10.3. The summed E-state index contributed by atoms with van der Waals surface area (Å²) in [6.45, 7) is 7.48. The Morgan fingerprint density at radius 3 is 2.10 bits per heavy atom. The van der Waals surface area contributed by atoms with E-state index in [1.807, 2.05) is 60.7 Å². The van der Waals surface area contributed by atoms with Gasteiger partial charge in [-0.25, -0.2) is 9.98 Å². The van der Waals surface area contributed by atoms with Crippen molar-refractivity contribution in [2.24, 2.45) is 9.98 Å². The predicted molar refractivity (Wildman–Crippen MR) is 171 cm³/mol. The zero-order valence-corrected chi connectivity index (χ0v) is 23.9. The van der Waals surface area contributed by atoms with E-state index in [2.05, 4.69) is 61.6 Å². The summed E-state index contributed by atoms with van der Waals surface area (Å²) in [7, 11) is 0. The Hall–Kier alpha value is -4.52. The largest absolute Gasteiger partial charge is 0.374 e. The molecule has 1 aliphatic rings. The van der Waals surface area contributed by atoms with Gasteiger partial charge in [-0.3, -0.25) is 0 Å². The monoisotopic (exact) mass is 544 g/mol. The molecule has 0 bridgehead atoms. The number of allylic oxidation sites excluding steroid dienone is 3. The molecule has 208 valence electrons. The van der Waals surface area contributed by atoms with Gasteiger partial charge in [-0.1, -0.05) is 61.5 Å². The standard InChI is InChI=1S/C35H36N4O2/c1-5-26-15-17-28(18-16-26)36-33-21-23(2)35(31-14-10-9-13-30(31)33)38-32-20-19-29(39(24(3)40)25(4)41)22-34(32)37-27-11-7-6-8-12-27/h6-22,24-25,36,40-41H,5H2,1-4H3/b37-34+,38-32-. The fourth-order valence-electron chi connectivity index (χ4n) is 5.09. The van der Waals surface area contributed by atoms with Gasteiger partial charge in [0, 0.05) is 27.8 Å². The van der Waals surface area contributed by atoms with Crippen molar-refractivity contribution in [3.63, 3.8) is 0 Å². The normalized spacial score (nSPS) is 16.6. The maximum Gasteiger partial charge on any atom is 0.126 e. The first-order valence-corrected chi connectivity index (χ1v) is 14.0. The van der Waals surface area contributed by atoms with Gasteiger partial charge in [0.05, 0.1) is 22.8 Å². The van der Waals surface area contributed by atoms with Crippen LogP contribution in [0.5, 0.6) is 0 Å². The van der Waals surface area contributed by atoms with Crippen molar-refractivity contribution in [3.05, 3.63) is 120 Å². The fraction of sp³-hybridized carbons (Fsp3) is 0.200. The minimum absolute atomic E-state index is 0.640. The Labute approximate surface area is 241 Å². The Morgan fingerprint density at radius 2 is 1.44 bits per heavy atom. The number of aryl methyl sites for hydroxylation is 2. The lowest BCUT2D eigenvalue weighted by Gasteiger charge is -2.32. The average molecular weight is 545 g/mol. The number of rotatable bonds is 8. The third-order valence-electron chi connectivity index (χ3n) is 7.15. The summed E-state index contributed by atoms with van der Waals surface area (Å²) in [5.74, 6) is 0. The van der Waals surface area contributed by atoms with E-state index in [-0.39, 0.29) is 0 Å². The second-order valence-electron chi connectivity index (χ2n) is 10.2. The van der Waals surface area contributed by atoms with Gasteiger partial charge in [0.1, 0.15) is 12.5 Å². The fourth-order valence-corrected chi connectivity index (χ4v) is 5.09. The van der Waals surface area contributed by atoms with Crippen LogP contribution in [0.4, 0.5) is 22.7 Å². The number of aliphatic hydroxyl groups excluding tert-OH is 2. The van der Waals surface area contributed by atoms with Crippen molar-refractivity contribution < 1.29 is 10.2 Å².